The number of para-hydroxylation sites is 5. The predicted molar refractivity (Wildman–Crippen MR) is 178 cm³/mol. The number of hydrogen-bond donors (Lipinski definition) is 0. The molecule has 0 fully saturated rings. The smallest absolute Gasteiger partial charge is 0.159 e. The van der Waals surface area contributed by atoms with Crippen LogP contribution in [0.1, 0.15) is 0 Å². The topological polar surface area (TPSA) is 19.1 Å². The summed E-state index contributed by atoms with van der Waals surface area (Å²) in [6, 6.07) is 52.3. The van der Waals surface area contributed by atoms with E-state index in [4.69, 9.17) is 4.74 Å². The lowest BCUT2D eigenvalue weighted by Crippen LogP contribution is -2.05. The first-order chi connectivity index (χ1) is 21.3. The fourth-order valence-electron chi connectivity index (χ4n) is 7.21. The molecule has 0 bridgehead atoms. The van der Waals surface area contributed by atoms with Crippen LogP contribution in [0.2, 0.25) is 0 Å². The van der Waals surface area contributed by atoms with Crippen LogP contribution >= 0.6 is 0 Å². The predicted octanol–water partition coefficient (Wildman–Crippen LogP) is 10.8. The molecule has 3 heteroatoms. The Morgan fingerprint density at radius 1 is 0.442 bits per heavy atom. The molecule has 0 spiro atoms. The highest BCUT2D eigenvalue weighted by Gasteiger charge is 2.25. The monoisotopic (exact) mass is 548 g/mol. The van der Waals surface area contributed by atoms with E-state index in [1.807, 2.05) is 0 Å². The van der Waals surface area contributed by atoms with Gasteiger partial charge in [-0.3, -0.25) is 0 Å². The lowest BCUT2D eigenvalue weighted by molar-refractivity contribution is 0.478. The van der Waals surface area contributed by atoms with Crippen molar-refractivity contribution >= 4 is 54.4 Å². The molecule has 0 amide bonds. The van der Waals surface area contributed by atoms with Crippen LogP contribution in [0.5, 0.6) is 11.5 Å². The summed E-state index contributed by atoms with van der Waals surface area (Å²) in [6.45, 7) is 0. The van der Waals surface area contributed by atoms with Crippen molar-refractivity contribution in [3.05, 3.63) is 146 Å². The minimum atomic E-state index is 0.894. The Balaban J connectivity index is 1.14. The van der Waals surface area contributed by atoms with Gasteiger partial charge in [-0.25, -0.2) is 0 Å². The lowest BCUT2D eigenvalue weighted by Gasteiger charge is -2.23. The minimum absolute atomic E-state index is 0.894. The van der Waals surface area contributed by atoms with Crippen LogP contribution in [-0.2, 0) is 0 Å². The number of fused-ring (bicyclic) bond motifs is 9. The average molecular weight is 549 g/mol. The maximum atomic E-state index is 6.70. The zero-order valence-corrected chi connectivity index (χ0v) is 23.2. The van der Waals surface area contributed by atoms with Gasteiger partial charge in [0.05, 0.1) is 27.8 Å². The third-order valence-corrected chi connectivity index (χ3v) is 9.08. The van der Waals surface area contributed by atoms with E-state index in [1.165, 1.54) is 48.9 Å². The summed E-state index contributed by atoms with van der Waals surface area (Å²) in [5, 5.41) is 7.41. The van der Waals surface area contributed by atoms with Gasteiger partial charge in [-0.2, -0.15) is 0 Å². The molecule has 10 rings (SSSR count). The molecule has 7 aromatic carbocycles. The Kier molecular flexibility index (Phi) is 4.45. The van der Waals surface area contributed by atoms with Crippen LogP contribution in [0.25, 0.3) is 76.9 Å². The number of rotatable bonds is 2. The molecule has 0 aliphatic carbocycles. The van der Waals surface area contributed by atoms with E-state index in [0.717, 1.165) is 39.5 Å². The van der Waals surface area contributed by atoms with E-state index >= 15 is 0 Å². The highest BCUT2D eigenvalue weighted by molar-refractivity contribution is 6.12. The zero-order valence-electron chi connectivity index (χ0n) is 23.2. The Morgan fingerprint density at radius 3 is 1.81 bits per heavy atom. The van der Waals surface area contributed by atoms with Crippen LogP contribution in [0.4, 0.5) is 0 Å². The fourth-order valence-corrected chi connectivity index (χ4v) is 7.21. The molecule has 2 aromatic heterocycles. The van der Waals surface area contributed by atoms with Crippen molar-refractivity contribution in [3.8, 4) is 34.0 Å². The van der Waals surface area contributed by atoms with Crippen molar-refractivity contribution in [2.45, 2.75) is 0 Å². The largest absolute Gasteiger partial charge is 0.452 e. The van der Waals surface area contributed by atoms with Crippen molar-refractivity contribution in [2.75, 3.05) is 0 Å². The number of nitrogens with zero attached hydrogens (tertiary/aromatic N) is 2. The summed E-state index contributed by atoms with van der Waals surface area (Å²) in [4.78, 5) is 0. The summed E-state index contributed by atoms with van der Waals surface area (Å²) in [7, 11) is 0. The quantitative estimate of drug-likeness (QED) is 0.210. The Morgan fingerprint density at radius 2 is 1.05 bits per heavy atom. The third-order valence-electron chi connectivity index (χ3n) is 9.08. The second-order valence-corrected chi connectivity index (χ2v) is 11.4. The molecule has 0 unspecified atom stereocenters. The van der Waals surface area contributed by atoms with E-state index in [9.17, 15) is 0 Å². The van der Waals surface area contributed by atoms with Gasteiger partial charge in [0.15, 0.2) is 11.5 Å². The van der Waals surface area contributed by atoms with E-state index in [0.29, 0.717) is 0 Å². The third kappa shape index (κ3) is 3.08. The van der Waals surface area contributed by atoms with Gasteiger partial charge in [0.2, 0.25) is 0 Å². The van der Waals surface area contributed by atoms with Crippen LogP contribution in [0, 0.1) is 0 Å². The maximum Gasteiger partial charge on any atom is 0.159 e. The van der Waals surface area contributed by atoms with Gasteiger partial charge < -0.3 is 13.9 Å². The molecule has 3 heterocycles. The molecule has 43 heavy (non-hydrogen) atoms. The molecule has 9 aromatic rings. The van der Waals surface area contributed by atoms with E-state index < -0.39 is 0 Å². The van der Waals surface area contributed by atoms with Crippen LogP contribution in [0.15, 0.2) is 146 Å². The second-order valence-electron chi connectivity index (χ2n) is 11.4. The van der Waals surface area contributed by atoms with Crippen molar-refractivity contribution in [3.63, 3.8) is 0 Å². The standard InChI is InChI=1S/C40H24N2O/c1-4-14-34-30(9-1)31-10-2-5-15-35(31)41(34)28-22-21-25-23-27(20-19-26(25)24-28)29-12-7-17-37-40(29)43-38-18-8-13-33-32-11-3-6-16-36(32)42(37)39(33)38/h1-24H. The van der Waals surface area contributed by atoms with Crippen molar-refractivity contribution in [2.24, 2.45) is 0 Å². The van der Waals surface area contributed by atoms with Gasteiger partial charge in [-0.05, 0) is 64.9 Å². The van der Waals surface area contributed by atoms with E-state index in [-0.39, 0.29) is 0 Å². The first-order valence-corrected chi connectivity index (χ1v) is 14.7. The molecule has 0 atom stereocenters. The van der Waals surface area contributed by atoms with Crippen molar-refractivity contribution in [1.29, 1.82) is 0 Å². The SMILES string of the molecule is c1cc(-c2ccc3cc(-n4c5ccccc5c5ccccc54)ccc3c2)c2c(c1)-n1c3ccccc3c3cccc(c31)O2. The Bertz CT molecular complexity index is 2550. The van der Waals surface area contributed by atoms with Crippen LogP contribution in [-0.4, -0.2) is 9.13 Å². The highest BCUT2D eigenvalue weighted by atomic mass is 16.5. The second kappa shape index (κ2) is 8.37. The molecule has 0 radical (unpaired) electrons. The normalized spacial score (nSPS) is 12.4. The van der Waals surface area contributed by atoms with Gasteiger partial charge in [-0.1, -0.05) is 97.1 Å². The van der Waals surface area contributed by atoms with Crippen LogP contribution < -0.4 is 4.74 Å². The zero-order chi connectivity index (χ0) is 28.1. The molecule has 0 saturated heterocycles. The summed E-state index contributed by atoms with van der Waals surface area (Å²) < 4.78 is 11.4. The number of benzene rings is 7. The number of hydrogen-bond acceptors (Lipinski definition) is 1. The molecular weight excluding hydrogens is 524 g/mol. The van der Waals surface area contributed by atoms with E-state index in [2.05, 4.69) is 155 Å². The summed E-state index contributed by atoms with van der Waals surface area (Å²) in [5.74, 6) is 1.79. The van der Waals surface area contributed by atoms with Crippen molar-refractivity contribution in [1.82, 2.24) is 9.13 Å². The molecule has 1 aliphatic rings. The average Bonchev–Trinajstić information content (AvgIpc) is 3.59. The van der Waals surface area contributed by atoms with E-state index in [1.54, 1.807) is 0 Å². The summed E-state index contributed by atoms with van der Waals surface area (Å²) in [5.41, 5.74) is 9.24. The summed E-state index contributed by atoms with van der Waals surface area (Å²) in [6.07, 6.45) is 0. The van der Waals surface area contributed by atoms with Gasteiger partial charge in [0.25, 0.3) is 0 Å². The lowest BCUT2D eigenvalue weighted by atomic mass is 9.99. The van der Waals surface area contributed by atoms with Gasteiger partial charge in [0, 0.05) is 32.8 Å². The highest BCUT2D eigenvalue weighted by Crippen LogP contribution is 2.48. The van der Waals surface area contributed by atoms with Gasteiger partial charge >= 0.3 is 0 Å². The van der Waals surface area contributed by atoms with Gasteiger partial charge in [-0.15, -0.1) is 0 Å². The summed E-state index contributed by atoms with van der Waals surface area (Å²) >= 11 is 0. The minimum Gasteiger partial charge on any atom is -0.452 e. The number of aromatic nitrogens is 2. The molecule has 200 valence electrons. The first-order valence-electron chi connectivity index (χ1n) is 14.7. The van der Waals surface area contributed by atoms with Gasteiger partial charge in [0.1, 0.15) is 0 Å². The molecular formula is C40H24N2O. The van der Waals surface area contributed by atoms with Crippen molar-refractivity contribution < 1.29 is 4.74 Å². The van der Waals surface area contributed by atoms with Crippen LogP contribution in [0.3, 0.4) is 0 Å². The fraction of sp³-hybridized carbons (Fsp3) is 0. The molecule has 0 N–H and O–H groups in total. The Hall–Kier alpha value is -5.80. The maximum absolute atomic E-state index is 6.70. The first kappa shape index (κ1) is 22.8. The molecule has 1 aliphatic heterocycles. The Labute approximate surface area is 247 Å². The molecule has 3 nitrogen and oxygen atoms in total. The molecule has 0 saturated carbocycles. The number of ether oxygens (including phenoxy) is 1.